The first-order chi connectivity index (χ1) is 14.7. The van der Waals surface area contributed by atoms with Crippen molar-refractivity contribution in [1.29, 1.82) is 0 Å². The summed E-state index contributed by atoms with van der Waals surface area (Å²) in [6.07, 6.45) is -0.430. The molecule has 12 heteroatoms. The number of amides is 1. The second-order valence-corrected chi connectivity index (χ2v) is 8.30. The maximum atomic E-state index is 13.1. The van der Waals surface area contributed by atoms with E-state index in [1.807, 2.05) is 5.38 Å². The summed E-state index contributed by atoms with van der Waals surface area (Å²) in [5.74, 6) is 0.274. The van der Waals surface area contributed by atoms with E-state index in [-0.39, 0.29) is 24.1 Å². The van der Waals surface area contributed by atoms with E-state index in [2.05, 4.69) is 25.1 Å². The lowest BCUT2D eigenvalue weighted by Crippen LogP contribution is -2.61. The first-order valence-electron chi connectivity index (χ1n) is 9.59. The van der Waals surface area contributed by atoms with Gasteiger partial charge in [0.2, 0.25) is 0 Å². The van der Waals surface area contributed by atoms with Crippen LogP contribution in [0.5, 0.6) is 0 Å². The normalized spacial score (nSPS) is 19.1. The van der Waals surface area contributed by atoms with Crippen LogP contribution >= 0.6 is 11.3 Å². The number of fused-ring (bicyclic) bond motifs is 1. The Hall–Kier alpha value is -3.02. The highest BCUT2D eigenvalue weighted by Crippen LogP contribution is 2.42. The molecule has 0 saturated heterocycles. The second-order valence-electron chi connectivity index (χ2n) is 7.41. The molecule has 1 aliphatic rings. The third-order valence-electron chi connectivity index (χ3n) is 5.56. The summed E-state index contributed by atoms with van der Waals surface area (Å²) in [5.41, 5.74) is 0.398. The number of rotatable bonds is 5. The lowest BCUT2D eigenvalue weighted by Gasteiger charge is -2.47. The Kier molecular flexibility index (Phi) is 5.20. The quantitative estimate of drug-likeness (QED) is 0.633. The molecule has 4 rings (SSSR count). The summed E-state index contributed by atoms with van der Waals surface area (Å²) in [7, 11) is 1.58. The summed E-state index contributed by atoms with van der Waals surface area (Å²) < 4.78 is 39.2. The van der Waals surface area contributed by atoms with Gasteiger partial charge < -0.3 is 9.80 Å². The van der Waals surface area contributed by atoms with E-state index >= 15 is 0 Å². The van der Waals surface area contributed by atoms with Gasteiger partial charge in [0.1, 0.15) is 21.9 Å². The molecule has 164 valence electrons. The van der Waals surface area contributed by atoms with E-state index < -0.39 is 18.1 Å². The van der Waals surface area contributed by atoms with Gasteiger partial charge in [0.05, 0.1) is 24.4 Å². The molecule has 4 heterocycles. The number of nitrogens with zero attached hydrogens (tertiary/aromatic N) is 6. The van der Waals surface area contributed by atoms with E-state index in [0.717, 1.165) is 0 Å². The summed E-state index contributed by atoms with van der Waals surface area (Å²) >= 11 is 1.41. The van der Waals surface area contributed by atoms with Crippen molar-refractivity contribution in [1.82, 2.24) is 25.1 Å². The largest absolute Gasteiger partial charge is 0.390 e. The Bertz CT molecular complexity index is 1100. The highest BCUT2D eigenvalue weighted by atomic mass is 32.1. The molecule has 1 N–H and O–H groups in total. The molecule has 0 radical (unpaired) electrons. The molecule has 1 amide bonds. The van der Waals surface area contributed by atoms with Gasteiger partial charge in [0, 0.05) is 25.2 Å². The van der Waals surface area contributed by atoms with Crippen molar-refractivity contribution < 1.29 is 18.0 Å². The molecular formula is C19H20F3N7OS. The summed E-state index contributed by atoms with van der Waals surface area (Å²) in [4.78, 5) is 29.1. The van der Waals surface area contributed by atoms with Crippen LogP contribution in [0.25, 0.3) is 22.1 Å². The number of halogens is 3. The molecule has 0 saturated carbocycles. The lowest BCUT2D eigenvalue weighted by atomic mass is 9.91. The predicted molar refractivity (Wildman–Crippen MR) is 111 cm³/mol. The van der Waals surface area contributed by atoms with E-state index in [0.29, 0.717) is 28.4 Å². The second kappa shape index (κ2) is 7.59. The van der Waals surface area contributed by atoms with Gasteiger partial charge in [0.25, 0.3) is 5.91 Å². The Morgan fingerprint density at radius 3 is 2.68 bits per heavy atom. The third kappa shape index (κ3) is 3.64. The maximum Gasteiger partial charge on any atom is 0.390 e. The van der Waals surface area contributed by atoms with Crippen molar-refractivity contribution in [2.24, 2.45) is 0 Å². The van der Waals surface area contributed by atoms with Gasteiger partial charge in [0.15, 0.2) is 11.6 Å². The first-order valence-corrected chi connectivity index (χ1v) is 10.5. The lowest BCUT2D eigenvalue weighted by molar-refractivity contribution is -0.134. The highest BCUT2D eigenvalue weighted by Gasteiger charge is 2.47. The standard InChI is InChI=1S/C19H20F3N7OS/c1-4-18(2)17(30)28(3)12-10-24-14(26-15(12)29(18)7-5-19(20,21)22)11-9-25-27-13(11)16-23-6-8-31-16/h6,8-10H,4-5,7H2,1-3H3,(H,25,27)/t18-/m1/s1. The molecule has 0 aliphatic carbocycles. The Morgan fingerprint density at radius 1 is 1.26 bits per heavy atom. The van der Waals surface area contributed by atoms with Crippen LogP contribution < -0.4 is 9.80 Å². The monoisotopic (exact) mass is 451 g/mol. The van der Waals surface area contributed by atoms with E-state index in [1.54, 1.807) is 33.3 Å². The van der Waals surface area contributed by atoms with Crippen molar-refractivity contribution in [2.75, 3.05) is 23.4 Å². The van der Waals surface area contributed by atoms with Crippen molar-refractivity contribution in [3.8, 4) is 22.1 Å². The fourth-order valence-corrected chi connectivity index (χ4v) is 4.30. The SMILES string of the molecule is CC[C@]1(C)C(=O)N(C)c2cnc(-c3cn[nH]c3-c3nccs3)nc2N1CCC(F)(F)F. The Morgan fingerprint density at radius 2 is 2.03 bits per heavy atom. The van der Waals surface area contributed by atoms with Gasteiger partial charge in [-0.25, -0.2) is 15.0 Å². The fraction of sp³-hybridized carbons (Fsp3) is 0.421. The average molecular weight is 451 g/mol. The number of nitrogens with one attached hydrogen (secondary N) is 1. The molecular weight excluding hydrogens is 431 g/mol. The number of carbonyl (C=O) groups excluding carboxylic acids is 1. The summed E-state index contributed by atoms with van der Waals surface area (Å²) in [5, 5.41) is 9.45. The Balaban J connectivity index is 1.83. The number of alkyl halides is 3. The van der Waals surface area contributed by atoms with Gasteiger partial charge >= 0.3 is 6.18 Å². The van der Waals surface area contributed by atoms with Crippen LogP contribution in [0, 0.1) is 0 Å². The van der Waals surface area contributed by atoms with Crippen molar-refractivity contribution in [3.63, 3.8) is 0 Å². The minimum Gasteiger partial charge on any atom is -0.340 e. The van der Waals surface area contributed by atoms with E-state index in [4.69, 9.17) is 0 Å². The smallest absolute Gasteiger partial charge is 0.340 e. The number of thiazole rings is 1. The van der Waals surface area contributed by atoms with Crippen LogP contribution in [0.3, 0.4) is 0 Å². The zero-order valence-electron chi connectivity index (χ0n) is 17.1. The number of hydrogen-bond acceptors (Lipinski definition) is 7. The summed E-state index contributed by atoms with van der Waals surface area (Å²) in [6.45, 7) is 3.03. The number of aromatic amines is 1. The zero-order chi connectivity index (χ0) is 22.4. The molecule has 1 atom stereocenters. The molecule has 0 unspecified atom stereocenters. The molecule has 3 aromatic heterocycles. The number of likely N-dealkylation sites (N-methyl/N-ethyl adjacent to an activating group) is 1. The number of H-pyrrole nitrogens is 1. The summed E-state index contributed by atoms with van der Waals surface area (Å²) in [6, 6.07) is 0. The molecule has 31 heavy (non-hydrogen) atoms. The van der Waals surface area contributed by atoms with Crippen LogP contribution in [0.2, 0.25) is 0 Å². The topological polar surface area (TPSA) is 90.9 Å². The first kappa shape index (κ1) is 21.2. The third-order valence-corrected chi connectivity index (χ3v) is 6.35. The number of hydrogen-bond donors (Lipinski definition) is 1. The Labute approximate surface area is 180 Å². The number of carbonyl (C=O) groups is 1. The number of anilines is 2. The molecule has 8 nitrogen and oxygen atoms in total. The van der Waals surface area contributed by atoms with E-state index in [1.165, 1.54) is 27.3 Å². The average Bonchev–Trinajstić information content (AvgIpc) is 3.42. The molecule has 0 aromatic carbocycles. The molecule has 0 bridgehead atoms. The van der Waals surface area contributed by atoms with Gasteiger partial charge in [-0.15, -0.1) is 11.3 Å². The van der Waals surface area contributed by atoms with Crippen LogP contribution in [-0.2, 0) is 4.79 Å². The highest BCUT2D eigenvalue weighted by molar-refractivity contribution is 7.13. The van der Waals surface area contributed by atoms with Crippen molar-refractivity contribution in [2.45, 2.75) is 38.4 Å². The van der Waals surface area contributed by atoms with Gasteiger partial charge in [-0.05, 0) is 13.3 Å². The van der Waals surface area contributed by atoms with Crippen molar-refractivity contribution in [3.05, 3.63) is 24.0 Å². The molecule has 1 aliphatic heterocycles. The van der Waals surface area contributed by atoms with Crippen molar-refractivity contribution >= 4 is 28.7 Å². The fourth-order valence-electron chi connectivity index (χ4n) is 3.65. The number of aromatic nitrogens is 5. The molecule has 3 aromatic rings. The molecule has 0 spiro atoms. The maximum absolute atomic E-state index is 13.1. The van der Waals surface area contributed by atoms with Crippen LogP contribution in [0.1, 0.15) is 26.7 Å². The predicted octanol–water partition coefficient (Wildman–Crippen LogP) is 3.89. The minimum absolute atomic E-state index is 0.284. The van der Waals surface area contributed by atoms with E-state index in [9.17, 15) is 18.0 Å². The van der Waals surface area contributed by atoms with Gasteiger partial charge in [-0.2, -0.15) is 18.3 Å². The van der Waals surface area contributed by atoms with Gasteiger partial charge in [-0.1, -0.05) is 6.92 Å². The van der Waals surface area contributed by atoms with Crippen LogP contribution in [0.4, 0.5) is 24.7 Å². The minimum atomic E-state index is -4.36. The van der Waals surface area contributed by atoms with Crippen LogP contribution in [0.15, 0.2) is 24.0 Å². The van der Waals surface area contributed by atoms with Crippen LogP contribution in [-0.4, -0.2) is 56.4 Å². The molecule has 0 fully saturated rings. The zero-order valence-corrected chi connectivity index (χ0v) is 17.9. The van der Waals surface area contributed by atoms with Gasteiger partial charge in [-0.3, -0.25) is 9.89 Å².